The molecule has 0 atom stereocenters. The number of para-hydroxylation sites is 1. The van der Waals surface area contributed by atoms with E-state index in [0.717, 1.165) is 54.2 Å². The largest absolute Gasteiger partial charge is 0.506 e. The molecule has 3 aliphatic rings. The number of ketones is 1. The summed E-state index contributed by atoms with van der Waals surface area (Å²) in [7, 11) is -4.38. The zero-order valence-electron chi connectivity index (χ0n) is 24.8. The summed E-state index contributed by atoms with van der Waals surface area (Å²) >= 11 is 0. The third-order valence-electron chi connectivity index (χ3n) is 8.88. The highest BCUT2D eigenvalue weighted by molar-refractivity contribution is 7.85. The maximum atomic E-state index is 13.6. The summed E-state index contributed by atoms with van der Waals surface area (Å²) in [6.45, 7) is 11.5. The Balaban J connectivity index is 1.55. The predicted molar refractivity (Wildman–Crippen MR) is 163 cm³/mol. The lowest BCUT2D eigenvalue weighted by Crippen LogP contribution is -2.32. The fraction of sp³-hybridized carbons (Fsp3) is 0.394. The van der Waals surface area contributed by atoms with Crippen LogP contribution in [0.15, 0.2) is 82.1 Å². The van der Waals surface area contributed by atoms with E-state index in [-0.39, 0.29) is 39.6 Å². The van der Waals surface area contributed by atoms with Crippen LogP contribution in [0.3, 0.4) is 0 Å². The molecule has 222 valence electrons. The maximum absolute atomic E-state index is 13.6. The molecule has 2 aromatic carbocycles. The molecule has 0 bridgehead atoms. The van der Waals surface area contributed by atoms with Gasteiger partial charge in [-0.05, 0) is 63.5 Å². The van der Waals surface area contributed by atoms with Gasteiger partial charge in [-0.25, -0.2) is 0 Å². The first-order valence-corrected chi connectivity index (χ1v) is 15.9. The molecule has 2 heterocycles. The van der Waals surface area contributed by atoms with Crippen molar-refractivity contribution in [3.63, 3.8) is 0 Å². The van der Waals surface area contributed by atoms with Gasteiger partial charge in [-0.3, -0.25) is 9.35 Å². The van der Waals surface area contributed by atoms with Gasteiger partial charge in [-0.2, -0.15) is 13.0 Å². The molecule has 0 saturated carbocycles. The molecule has 0 saturated heterocycles. The molecule has 0 amide bonds. The van der Waals surface area contributed by atoms with Crippen LogP contribution in [0.5, 0.6) is 0 Å². The van der Waals surface area contributed by atoms with Crippen molar-refractivity contribution in [3.05, 3.63) is 88.3 Å². The predicted octanol–water partition coefficient (Wildman–Crippen LogP) is 5.49. The first-order valence-electron chi connectivity index (χ1n) is 14.4. The quantitative estimate of drug-likeness (QED) is 0.153. The molecular formula is C33H39N2O6S+. The summed E-state index contributed by atoms with van der Waals surface area (Å²) in [4.78, 5) is 15.4. The minimum Gasteiger partial charge on any atom is -0.506 e. The summed E-state index contributed by atoms with van der Waals surface area (Å²) in [5.74, 6) is -0.311. The van der Waals surface area contributed by atoms with Crippen LogP contribution >= 0.6 is 0 Å². The third kappa shape index (κ3) is 4.73. The molecule has 2 aromatic rings. The number of allylic oxidation sites excluding steroid dienone is 5. The second kappa shape index (κ2) is 10.6. The van der Waals surface area contributed by atoms with E-state index >= 15 is 0 Å². The van der Waals surface area contributed by atoms with Crippen LogP contribution in [0, 0.1) is 0 Å². The zero-order valence-corrected chi connectivity index (χ0v) is 25.6. The van der Waals surface area contributed by atoms with Crippen molar-refractivity contribution in [3.8, 4) is 0 Å². The smallest absolute Gasteiger partial charge is 0.294 e. The van der Waals surface area contributed by atoms with Crippen LogP contribution < -0.4 is 4.90 Å². The fourth-order valence-electron chi connectivity index (χ4n) is 6.50. The van der Waals surface area contributed by atoms with Crippen LogP contribution in [0.25, 0.3) is 0 Å². The van der Waals surface area contributed by atoms with Crippen LogP contribution in [0.2, 0.25) is 0 Å². The second-order valence-corrected chi connectivity index (χ2v) is 13.6. The van der Waals surface area contributed by atoms with Gasteiger partial charge in [0.2, 0.25) is 11.5 Å². The Bertz CT molecular complexity index is 1710. The van der Waals surface area contributed by atoms with E-state index in [1.54, 1.807) is 12.1 Å². The van der Waals surface area contributed by atoms with Crippen molar-refractivity contribution in [2.24, 2.45) is 0 Å². The highest BCUT2D eigenvalue weighted by atomic mass is 32.2. The standard InChI is InChI=1S/C33H38N2O6S/c1-6-34-27-15-14-21(42(39,40)41)18-25(27)33(4,5)28(34)19-22-30(37)23(31(22)38)20-29-32(2,3)24-12-8-9-13-26(24)35(29)16-10-7-11-17-36/h8-9,12-15,18-20,36H,6-7,10-11,16-17H2,1-5H3,(H-,37,38,39,40,41)/p+1. The molecule has 0 unspecified atom stereocenters. The molecule has 3 N–H and O–H groups in total. The molecule has 1 aliphatic carbocycles. The number of unbranched alkanes of at least 4 members (excludes halogenated alkanes) is 2. The number of anilines is 1. The van der Waals surface area contributed by atoms with Crippen LogP contribution in [0.4, 0.5) is 11.4 Å². The summed E-state index contributed by atoms with van der Waals surface area (Å²) in [6, 6.07) is 12.7. The molecule has 0 spiro atoms. The molecule has 2 aliphatic heterocycles. The van der Waals surface area contributed by atoms with Crippen molar-refractivity contribution >= 4 is 33.0 Å². The molecular weight excluding hydrogens is 552 g/mol. The normalized spacial score (nSPS) is 20.9. The topological polar surface area (TPSA) is 118 Å². The van der Waals surface area contributed by atoms with Crippen molar-refractivity contribution < 1.29 is 32.6 Å². The van der Waals surface area contributed by atoms with E-state index in [4.69, 9.17) is 0 Å². The highest BCUT2D eigenvalue weighted by Gasteiger charge is 2.47. The van der Waals surface area contributed by atoms with E-state index in [2.05, 4.69) is 30.6 Å². The number of aliphatic hydroxyl groups excluding tert-OH is 2. The average molecular weight is 592 g/mol. The molecule has 5 rings (SSSR count). The number of rotatable bonds is 9. The average Bonchev–Trinajstić information content (AvgIpc) is 3.29. The summed E-state index contributed by atoms with van der Waals surface area (Å²) in [5.41, 5.74) is 4.87. The lowest BCUT2D eigenvalue weighted by molar-refractivity contribution is -0.438. The SMILES string of the molecule is CCN1C(=CC2=C(O)C(=CC3=[N+](CCCCCO)c4ccccc4C3(C)C)C2=O)C(C)(C)c2cc(S(=O)(=O)O)ccc21. The van der Waals surface area contributed by atoms with Crippen LogP contribution in [0.1, 0.15) is 65.0 Å². The minimum atomic E-state index is -4.38. The van der Waals surface area contributed by atoms with Gasteiger partial charge in [0, 0.05) is 54.1 Å². The van der Waals surface area contributed by atoms with Gasteiger partial charge >= 0.3 is 0 Å². The molecule has 0 radical (unpaired) electrons. The van der Waals surface area contributed by atoms with E-state index in [0.29, 0.717) is 12.1 Å². The van der Waals surface area contributed by atoms with Crippen LogP contribution in [-0.4, -0.2) is 59.0 Å². The van der Waals surface area contributed by atoms with Crippen molar-refractivity contribution in [1.29, 1.82) is 0 Å². The summed E-state index contributed by atoms with van der Waals surface area (Å²) < 4.78 is 35.5. The number of nitrogens with zero attached hydrogens (tertiary/aromatic N) is 2. The Morgan fingerprint density at radius 2 is 1.67 bits per heavy atom. The zero-order chi connectivity index (χ0) is 30.6. The molecule has 0 fully saturated rings. The van der Waals surface area contributed by atoms with Crippen molar-refractivity contribution in [2.75, 3.05) is 24.6 Å². The highest BCUT2D eigenvalue weighted by Crippen LogP contribution is 2.49. The number of aliphatic hydroxyl groups is 2. The van der Waals surface area contributed by atoms with E-state index in [1.165, 1.54) is 12.1 Å². The van der Waals surface area contributed by atoms with E-state index in [1.807, 2.05) is 43.9 Å². The Labute approximate surface area is 247 Å². The number of benzene rings is 2. The lowest BCUT2D eigenvalue weighted by Gasteiger charge is -2.28. The maximum Gasteiger partial charge on any atom is 0.294 e. The minimum absolute atomic E-state index is 0.0616. The first kappa shape index (κ1) is 29.9. The van der Waals surface area contributed by atoms with Crippen molar-refractivity contribution in [2.45, 2.75) is 69.6 Å². The first-order chi connectivity index (χ1) is 19.7. The number of carbonyl (C=O) groups excluding carboxylic acids is 1. The third-order valence-corrected chi connectivity index (χ3v) is 9.73. The van der Waals surface area contributed by atoms with E-state index < -0.39 is 15.5 Å². The fourth-order valence-corrected chi connectivity index (χ4v) is 7.01. The number of carbonyl (C=O) groups is 1. The summed E-state index contributed by atoms with van der Waals surface area (Å²) in [5, 5.41) is 20.4. The number of hydrogen-bond acceptors (Lipinski definition) is 6. The van der Waals surface area contributed by atoms with Crippen molar-refractivity contribution in [1.82, 2.24) is 0 Å². The Hall–Kier alpha value is -3.53. The van der Waals surface area contributed by atoms with Gasteiger partial charge in [-0.15, -0.1) is 0 Å². The van der Waals surface area contributed by atoms with Gasteiger partial charge in [-0.1, -0.05) is 32.0 Å². The number of Topliss-reactive ketones (excluding diaryl/α,β-unsaturated/α-hetero) is 1. The molecule has 0 aromatic heterocycles. The molecule has 9 heteroatoms. The number of fused-ring (bicyclic) bond motifs is 2. The molecule has 8 nitrogen and oxygen atoms in total. The number of hydrogen-bond donors (Lipinski definition) is 3. The van der Waals surface area contributed by atoms with Crippen LogP contribution in [-0.2, 0) is 25.7 Å². The Morgan fingerprint density at radius 1 is 0.952 bits per heavy atom. The van der Waals surface area contributed by atoms with Gasteiger partial charge in [0.15, 0.2) is 5.71 Å². The number of likely N-dealkylation sites (N-methyl/N-ethyl adjacent to an activating group) is 1. The van der Waals surface area contributed by atoms with E-state index in [9.17, 15) is 28.0 Å². The molecule has 42 heavy (non-hydrogen) atoms. The summed E-state index contributed by atoms with van der Waals surface area (Å²) in [6.07, 6.45) is 6.03. The van der Waals surface area contributed by atoms with Gasteiger partial charge < -0.3 is 15.1 Å². The lowest BCUT2D eigenvalue weighted by atomic mass is 9.77. The van der Waals surface area contributed by atoms with Gasteiger partial charge in [0.1, 0.15) is 12.3 Å². The Kier molecular flexibility index (Phi) is 7.58. The van der Waals surface area contributed by atoms with Gasteiger partial charge in [0.25, 0.3) is 10.1 Å². The van der Waals surface area contributed by atoms with Gasteiger partial charge in [0.05, 0.1) is 21.5 Å². The second-order valence-electron chi connectivity index (χ2n) is 12.2. The monoisotopic (exact) mass is 591 g/mol. The Morgan fingerprint density at radius 3 is 2.31 bits per heavy atom.